The molecule has 1 heterocycles. The number of benzene rings is 2. The molecular weight excluding hydrogens is 296 g/mol. The second-order valence-electron chi connectivity index (χ2n) is 4.89. The molecule has 0 fully saturated rings. The van der Waals surface area contributed by atoms with E-state index in [9.17, 15) is 4.79 Å². The van der Waals surface area contributed by atoms with E-state index in [-0.39, 0.29) is 5.56 Å². The standard InChI is InChI=1S/C18H15ClN2O/c1-2-21-17(12-11-13-7-3-5-9-15(13)19)20-16-10-6-4-8-14(16)18(21)22/h3-12H,2H2,1H3. The van der Waals surface area contributed by atoms with Gasteiger partial charge >= 0.3 is 0 Å². The maximum Gasteiger partial charge on any atom is 0.261 e. The lowest BCUT2D eigenvalue weighted by Crippen LogP contribution is -2.22. The maximum atomic E-state index is 12.5. The first-order valence-corrected chi connectivity index (χ1v) is 7.50. The smallest absolute Gasteiger partial charge is 0.261 e. The van der Waals surface area contributed by atoms with Gasteiger partial charge in [0.25, 0.3) is 5.56 Å². The molecule has 22 heavy (non-hydrogen) atoms. The molecule has 4 heteroatoms. The summed E-state index contributed by atoms with van der Waals surface area (Å²) in [5.41, 5.74) is 1.58. The normalized spacial score (nSPS) is 11.4. The summed E-state index contributed by atoms with van der Waals surface area (Å²) in [5, 5.41) is 1.31. The van der Waals surface area contributed by atoms with Gasteiger partial charge in [-0.2, -0.15) is 0 Å². The van der Waals surface area contributed by atoms with Gasteiger partial charge in [0.15, 0.2) is 0 Å². The molecule has 0 saturated carbocycles. The first-order chi connectivity index (χ1) is 10.7. The highest BCUT2D eigenvalue weighted by Crippen LogP contribution is 2.18. The second-order valence-corrected chi connectivity index (χ2v) is 5.30. The first-order valence-electron chi connectivity index (χ1n) is 7.13. The largest absolute Gasteiger partial charge is 0.293 e. The Labute approximate surface area is 133 Å². The molecule has 2 aromatic carbocycles. The number of aromatic nitrogens is 2. The molecule has 0 amide bonds. The van der Waals surface area contributed by atoms with Crippen LogP contribution in [0.2, 0.25) is 5.02 Å². The Morgan fingerprint density at radius 1 is 1.09 bits per heavy atom. The van der Waals surface area contributed by atoms with Gasteiger partial charge in [-0.3, -0.25) is 9.36 Å². The van der Waals surface area contributed by atoms with E-state index in [0.717, 1.165) is 5.56 Å². The van der Waals surface area contributed by atoms with Crippen LogP contribution in [-0.4, -0.2) is 9.55 Å². The van der Waals surface area contributed by atoms with Gasteiger partial charge < -0.3 is 0 Å². The van der Waals surface area contributed by atoms with Crippen molar-refractivity contribution in [3.63, 3.8) is 0 Å². The molecule has 0 aliphatic heterocycles. The van der Waals surface area contributed by atoms with Crippen LogP contribution in [0.25, 0.3) is 23.1 Å². The Bertz CT molecular complexity index is 912. The van der Waals surface area contributed by atoms with E-state index in [1.54, 1.807) is 10.6 Å². The highest BCUT2D eigenvalue weighted by atomic mass is 35.5. The van der Waals surface area contributed by atoms with Crippen LogP contribution in [-0.2, 0) is 6.54 Å². The molecule has 0 atom stereocenters. The molecular formula is C18H15ClN2O. The van der Waals surface area contributed by atoms with Gasteiger partial charge in [0.1, 0.15) is 5.82 Å². The summed E-state index contributed by atoms with van der Waals surface area (Å²) in [4.78, 5) is 17.1. The van der Waals surface area contributed by atoms with Crippen molar-refractivity contribution >= 4 is 34.7 Å². The van der Waals surface area contributed by atoms with Crippen molar-refractivity contribution in [3.8, 4) is 0 Å². The molecule has 0 aliphatic rings. The lowest BCUT2D eigenvalue weighted by molar-refractivity contribution is 0.708. The predicted molar refractivity (Wildman–Crippen MR) is 92.1 cm³/mol. The van der Waals surface area contributed by atoms with Crippen molar-refractivity contribution in [2.45, 2.75) is 13.5 Å². The van der Waals surface area contributed by atoms with Crippen LogP contribution in [0.5, 0.6) is 0 Å². The average molecular weight is 311 g/mol. The van der Waals surface area contributed by atoms with Crippen molar-refractivity contribution in [1.82, 2.24) is 9.55 Å². The second kappa shape index (κ2) is 6.16. The molecule has 3 rings (SSSR count). The van der Waals surface area contributed by atoms with Crippen molar-refractivity contribution in [1.29, 1.82) is 0 Å². The third kappa shape index (κ3) is 2.68. The highest BCUT2D eigenvalue weighted by Gasteiger charge is 2.07. The number of halogens is 1. The Morgan fingerprint density at radius 2 is 1.82 bits per heavy atom. The molecule has 0 spiro atoms. The lowest BCUT2D eigenvalue weighted by Gasteiger charge is -2.08. The van der Waals surface area contributed by atoms with E-state index in [2.05, 4.69) is 4.98 Å². The third-order valence-corrected chi connectivity index (χ3v) is 3.87. The molecule has 3 aromatic rings. The summed E-state index contributed by atoms with van der Waals surface area (Å²) < 4.78 is 1.66. The zero-order chi connectivity index (χ0) is 15.5. The van der Waals surface area contributed by atoms with E-state index in [1.165, 1.54) is 0 Å². The molecule has 3 nitrogen and oxygen atoms in total. The summed E-state index contributed by atoms with van der Waals surface area (Å²) in [7, 11) is 0. The van der Waals surface area contributed by atoms with Crippen molar-refractivity contribution < 1.29 is 0 Å². The average Bonchev–Trinajstić information content (AvgIpc) is 2.54. The SMILES string of the molecule is CCn1c(C=Cc2ccccc2Cl)nc2ccccc2c1=O. The minimum atomic E-state index is -0.0214. The molecule has 110 valence electrons. The number of hydrogen-bond acceptors (Lipinski definition) is 2. The van der Waals surface area contributed by atoms with Gasteiger partial charge in [-0.05, 0) is 42.8 Å². The highest BCUT2D eigenvalue weighted by molar-refractivity contribution is 6.32. The van der Waals surface area contributed by atoms with Gasteiger partial charge in [-0.1, -0.05) is 41.9 Å². The molecule has 0 saturated heterocycles. The fourth-order valence-electron chi connectivity index (χ4n) is 2.39. The van der Waals surface area contributed by atoms with Crippen molar-refractivity contribution in [2.24, 2.45) is 0 Å². The summed E-state index contributed by atoms with van der Waals surface area (Å²) in [6.07, 6.45) is 3.71. The van der Waals surface area contributed by atoms with E-state index in [0.29, 0.717) is 28.3 Å². The predicted octanol–water partition coefficient (Wildman–Crippen LogP) is 4.24. The first kappa shape index (κ1) is 14.5. The molecule has 0 unspecified atom stereocenters. The zero-order valence-electron chi connectivity index (χ0n) is 12.2. The van der Waals surface area contributed by atoms with Crippen molar-refractivity contribution in [3.05, 3.63) is 75.3 Å². The Kier molecular flexibility index (Phi) is 4.07. The maximum absolute atomic E-state index is 12.5. The van der Waals surface area contributed by atoms with Crippen LogP contribution in [0.4, 0.5) is 0 Å². The molecule has 0 radical (unpaired) electrons. The van der Waals surface area contributed by atoms with Gasteiger partial charge in [-0.15, -0.1) is 0 Å². The fourth-order valence-corrected chi connectivity index (χ4v) is 2.59. The van der Waals surface area contributed by atoms with E-state index in [4.69, 9.17) is 11.6 Å². The lowest BCUT2D eigenvalue weighted by atomic mass is 10.2. The van der Waals surface area contributed by atoms with Crippen LogP contribution >= 0.6 is 11.6 Å². The number of hydrogen-bond donors (Lipinski definition) is 0. The topological polar surface area (TPSA) is 34.9 Å². The number of para-hydroxylation sites is 1. The van der Waals surface area contributed by atoms with Crippen LogP contribution in [0.3, 0.4) is 0 Å². The van der Waals surface area contributed by atoms with E-state index in [1.807, 2.05) is 61.5 Å². The van der Waals surface area contributed by atoms with Gasteiger partial charge in [-0.25, -0.2) is 4.98 Å². The fraction of sp³-hybridized carbons (Fsp3) is 0.111. The Balaban J connectivity index is 2.14. The van der Waals surface area contributed by atoms with Crippen LogP contribution in [0, 0.1) is 0 Å². The number of rotatable bonds is 3. The number of nitrogens with zero attached hydrogens (tertiary/aromatic N) is 2. The monoisotopic (exact) mass is 310 g/mol. The Morgan fingerprint density at radius 3 is 2.59 bits per heavy atom. The molecule has 0 N–H and O–H groups in total. The minimum absolute atomic E-state index is 0.0214. The summed E-state index contributed by atoms with van der Waals surface area (Å²) in [6, 6.07) is 15.0. The molecule has 0 aliphatic carbocycles. The van der Waals surface area contributed by atoms with Crippen LogP contribution < -0.4 is 5.56 Å². The van der Waals surface area contributed by atoms with E-state index >= 15 is 0 Å². The quantitative estimate of drug-likeness (QED) is 0.725. The summed E-state index contributed by atoms with van der Waals surface area (Å²) in [6.45, 7) is 2.50. The Hall–Kier alpha value is -2.39. The molecule has 0 bridgehead atoms. The van der Waals surface area contributed by atoms with Crippen LogP contribution in [0.15, 0.2) is 53.3 Å². The zero-order valence-corrected chi connectivity index (χ0v) is 12.9. The number of fused-ring (bicyclic) bond motifs is 1. The summed E-state index contributed by atoms with van der Waals surface area (Å²) >= 11 is 6.15. The van der Waals surface area contributed by atoms with Crippen LogP contribution in [0.1, 0.15) is 18.3 Å². The third-order valence-electron chi connectivity index (χ3n) is 3.52. The van der Waals surface area contributed by atoms with Gasteiger partial charge in [0.2, 0.25) is 0 Å². The van der Waals surface area contributed by atoms with Gasteiger partial charge in [0.05, 0.1) is 10.9 Å². The molecule has 1 aromatic heterocycles. The van der Waals surface area contributed by atoms with Gasteiger partial charge in [0, 0.05) is 11.6 Å². The van der Waals surface area contributed by atoms with Crippen molar-refractivity contribution in [2.75, 3.05) is 0 Å². The minimum Gasteiger partial charge on any atom is -0.293 e. The summed E-state index contributed by atoms with van der Waals surface area (Å²) in [5.74, 6) is 0.631. The van der Waals surface area contributed by atoms with E-state index < -0.39 is 0 Å².